The lowest BCUT2D eigenvalue weighted by Crippen LogP contribution is -2.46. The molecule has 2 heteroatoms. The molecule has 2 N–H and O–H groups in total. The van der Waals surface area contributed by atoms with Gasteiger partial charge in [0.25, 0.3) is 0 Å². The predicted molar refractivity (Wildman–Crippen MR) is 75.5 cm³/mol. The van der Waals surface area contributed by atoms with Gasteiger partial charge in [0.05, 0.1) is 0 Å². The molecule has 17 heavy (non-hydrogen) atoms. The fourth-order valence-electron chi connectivity index (χ4n) is 1.66. The fraction of sp³-hybridized carbons (Fsp3) is 0.600. The third kappa shape index (κ3) is 5.33. The van der Waals surface area contributed by atoms with Crippen LogP contribution < -0.4 is 10.6 Å². The van der Waals surface area contributed by atoms with E-state index in [1.54, 1.807) is 0 Å². The van der Waals surface area contributed by atoms with Crippen molar-refractivity contribution in [2.24, 2.45) is 0 Å². The first kappa shape index (κ1) is 14.2. The fourth-order valence-corrected chi connectivity index (χ4v) is 1.66. The molecular weight excluding hydrogens is 208 g/mol. The number of hydrogen-bond acceptors (Lipinski definition) is 2. The minimum absolute atomic E-state index is 0.173. The summed E-state index contributed by atoms with van der Waals surface area (Å²) in [6.07, 6.45) is 2.22. The molecule has 0 aromatic heterocycles. The standard InChI is InChI=1S/C15H26N2/c1-5-13-6-8-14(9-7-13)10-11-17-12-15(2,3)16-4/h6-9,16-17H,5,10-12H2,1-4H3. The van der Waals surface area contributed by atoms with E-state index in [9.17, 15) is 0 Å². The van der Waals surface area contributed by atoms with Gasteiger partial charge in [-0.3, -0.25) is 0 Å². The number of benzene rings is 1. The summed E-state index contributed by atoms with van der Waals surface area (Å²) < 4.78 is 0. The number of hydrogen-bond donors (Lipinski definition) is 2. The van der Waals surface area contributed by atoms with Crippen molar-refractivity contribution in [2.75, 3.05) is 20.1 Å². The lowest BCUT2D eigenvalue weighted by atomic mass is 10.1. The van der Waals surface area contributed by atoms with Gasteiger partial charge in [-0.05, 0) is 51.4 Å². The molecule has 0 heterocycles. The summed E-state index contributed by atoms with van der Waals surface area (Å²) in [6.45, 7) is 8.63. The number of nitrogens with one attached hydrogen (secondary N) is 2. The van der Waals surface area contributed by atoms with Crippen LogP contribution in [0.1, 0.15) is 31.9 Å². The Balaban J connectivity index is 2.26. The molecule has 0 saturated heterocycles. The van der Waals surface area contributed by atoms with Crippen LogP contribution >= 0.6 is 0 Å². The molecule has 1 aromatic carbocycles. The molecule has 1 rings (SSSR count). The van der Waals surface area contributed by atoms with Crippen LogP contribution in [0, 0.1) is 0 Å². The number of likely N-dealkylation sites (N-methyl/N-ethyl adjacent to an activating group) is 1. The number of rotatable bonds is 7. The summed E-state index contributed by atoms with van der Waals surface area (Å²) in [5.41, 5.74) is 3.00. The molecule has 2 nitrogen and oxygen atoms in total. The van der Waals surface area contributed by atoms with Gasteiger partial charge in [-0.15, -0.1) is 0 Å². The van der Waals surface area contributed by atoms with Gasteiger partial charge in [0.1, 0.15) is 0 Å². The van der Waals surface area contributed by atoms with E-state index >= 15 is 0 Å². The molecule has 0 saturated carbocycles. The second-order valence-corrected chi connectivity index (χ2v) is 5.23. The van der Waals surface area contributed by atoms with Crippen LogP contribution in [-0.4, -0.2) is 25.7 Å². The summed E-state index contributed by atoms with van der Waals surface area (Å²) in [4.78, 5) is 0. The maximum atomic E-state index is 3.49. The van der Waals surface area contributed by atoms with Gasteiger partial charge in [-0.25, -0.2) is 0 Å². The summed E-state index contributed by atoms with van der Waals surface area (Å²) in [5, 5.41) is 6.78. The van der Waals surface area contributed by atoms with Crippen LogP contribution in [0.3, 0.4) is 0 Å². The molecule has 0 unspecified atom stereocenters. The maximum absolute atomic E-state index is 3.49. The van der Waals surface area contributed by atoms with Gasteiger partial charge < -0.3 is 10.6 Å². The van der Waals surface area contributed by atoms with Crippen molar-refractivity contribution in [3.05, 3.63) is 35.4 Å². The van der Waals surface area contributed by atoms with E-state index in [2.05, 4.69) is 55.7 Å². The van der Waals surface area contributed by atoms with E-state index in [-0.39, 0.29) is 5.54 Å². The highest BCUT2D eigenvalue weighted by atomic mass is 15.0. The van der Waals surface area contributed by atoms with Crippen molar-refractivity contribution in [1.29, 1.82) is 0 Å². The summed E-state index contributed by atoms with van der Waals surface area (Å²) >= 11 is 0. The largest absolute Gasteiger partial charge is 0.315 e. The zero-order chi connectivity index (χ0) is 12.7. The lowest BCUT2D eigenvalue weighted by Gasteiger charge is -2.24. The van der Waals surface area contributed by atoms with E-state index < -0.39 is 0 Å². The Morgan fingerprint density at radius 3 is 2.18 bits per heavy atom. The van der Waals surface area contributed by atoms with Gasteiger partial charge in [0.2, 0.25) is 0 Å². The number of aryl methyl sites for hydroxylation is 1. The van der Waals surface area contributed by atoms with E-state index in [0.29, 0.717) is 0 Å². The van der Waals surface area contributed by atoms with Crippen molar-refractivity contribution in [3.8, 4) is 0 Å². The highest BCUT2D eigenvalue weighted by Gasteiger charge is 2.12. The van der Waals surface area contributed by atoms with Crippen LogP contribution in [0.5, 0.6) is 0 Å². The van der Waals surface area contributed by atoms with Gasteiger partial charge >= 0.3 is 0 Å². The zero-order valence-electron chi connectivity index (χ0n) is 11.6. The average molecular weight is 234 g/mol. The van der Waals surface area contributed by atoms with Crippen molar-refractivity contribution in [2.45, 2.75) is 39.2 Å². The molecule has 0 fully saturated rings. The van der Waals surface area contributed by atoms with E-state index in [1.165, 1.54) is 11.1 Å². The SMILES string of the molecule is CCc1ccc(CCNCC(C)(C)NC)cc1. The summed E-state index contributed by atoms with van der Waals surface area (Å²) in [6, 6.07) is 8.94. The topological polar surface area (TPSA) is 24.1 Å². The Morgan fingerprint density at radius 1 is 1.06 bits per heavy atom. The second kappa shape index (κ2) is 6.77. The van der Waals surface area contributed by atoms with Crippen LogP contribution in [0.25, 0.3) is 0 Å². The predicted octanol–water partition coefficient (Wildman–Crippen LogP) is 2.38. The van der Waals surface area contributed by atoms with Crippen molar-refractivity contribution in [1.82, 2.24) is 10.6 Å². The average Bonchev–Trinajstić information content (AvgIpc) is 2.35. The minimum Gasteiger partial charge on any atom is -0.315 e. The molecule has 0 bridgehead atoms. The minimum atomic E-state index is 0.173. The maximum Gasteiger partial charge on any atom is 0.0246 e. The van der Waals surface area contributed by atoms with E-state index in [0.717, 1.165) is 25.9 Å². The van der Waals surface area contributed by atoms with Gasteiger partial charge in [-0.1, -0.05) is 31.2 Å². The first-order valence-corrected chi connectivity index (χ1v) is 6.55. The Bertz CT molecular complexity index is 314. The molecule has 0 aliphatic carbocycles. The second-order valence-electron chi connectivity index (χ2n) is 5.23. The Morgan fingerprint density at radius 2 is 1.65 bits per heavy atom. The molecule has 0 amide bonds. The van der Waals surface area contributed by atoms with Gasteiger partial charge in [0, 0.05) is 12.1 Å². The highest BCUT2D eigenvalue weighted by Crippen LogP contribution is 2.05. The zero-order valence-corrected chi connectivity index (χ0v) is 11.6. The monoisotopic (exact) mass is 234 g/mol. The molecule has 1 aromatic rings. The van der Waals surface area contributed by atoms with Gasteiger partial charge in [-0.2, -0.15) is 0 Å². The van der Waals surface area contributed by atoms with Crippen molar-refractivity contribution in [3.63, 3.8) is 0 Å². The Hall–Kier alpha value is -0.860. The molecule has 96 valence electrons. The first-order chi connectivity index (χ1) is 8.07. The quantitative estimate of drug-likeness (QED) is 0.708. The van der Waals surface area contributed by atoms with Crippen molar-refractivity contribution < 1.29 is 0 Å². The molecule has 0 radical (unpaired) electrons. The summed E-state index contributed by atoms with van der Waals surface area (Å²) in [5.74, 6) is 0. The lowest BCUT2D eigenvalue weighted by molar-refractivity contribution is 0.395. The van der Waals surface area contributed by atoms with E-state index in [1.807, 2.05) is 7.05 Å². The van der Waals surface area contributed by atoms with Gasteiger partial charge in [0.15, 0.2) is 0 Å². The molecule has 0 aliphatic heterocycles. The van der Waals surface area contributed by atoms with Crippen LogP contribution in [-0.2, 0) is 12.8 Å². The molecule has 0 spiro atoms. The van der Waals surface area contributed by atoms with E-state index in [4.69, 9.17) is 0 Å². The molecule has 0 atom stereocenters. The Labute approximate surface area is 106 Å². The van der Waals surface area contributed by atoms with Crippen LogP contribution in [0.2, 0.25) is 0 Å². The smallest absolute Gasteiger partial charge is 0.0246 e. The van der Waals surface area contributed by atoms with Crippen LogP contribution in [0.15, 0.2) is 24.3 Å². The first-order valence-electron chi connectivity index (χ1n) is 6.55. The molecule has 0 aliphatic rings. The highest BCUT2D eigenvalue weighted by molar-refractivity contribution is 5.22. The van der Waals surface area contributed by atoms with Crippen LogP contribution in [0.4, 0.5) is 0 Å². The normalized spacial score (nSPS) is 11.8. The summed E-state index contributed by atoms with van der Waals surface area (Å²) in [7, 11) is 2.01. The Kier molecular flexibility index (Phi) is 5.66. The third-order valence-corrected chi connectivity index (χ3v) is 3.27. The molecular formula is C15H26N2. The van der Waals surface area contributed by atoms with Crippen molar-refractivity contribution >= 4 is 0 Å². The third-order valence-electron chi connectivity index (χ3n) is 3.27.